The van der Waals surface area contributed by atoms with Crippen LogP contribution in [-0.2, 0) is 9.53 Å². The molecule has 0 heterocycles. The van der Waals surface area contributed by atoms with Gasteiger partial charge in [-0.25, -0.2) is 0 Å². The van der Waals surface area contributed by atoms with Crippen LogP contribution in [0.3, 0.4) is 0 Å². The fourth-order valence-electron chi connectivity index (χ4n) is 1.36. The van der Waals surface area contributed by atoms with Crippen LogP contribution < -0.4 is 5.32 Å². The van der Waals surface area contributed by atoms with Crippen LogP contribution in [-0.4, -0.2) is 44.2 Å². The predicted octanol–water partition coefficient (Wildman–Crippen LogP) is 1.22. The minimum atomic E-state index is -0.332. The SMILES string of the molecule is C=CCN(CC=C)C(=O)/C(C#N)=C\NCCCOC. The topological polar surface area (TPSA) is 65.4 Å². The number of carbonyl (C=O) groups is 1. The lowest BCUT2D eigenvalue weighted by Gasteiger charge is -2.18. The number of methoxy groups -OCH3 is 1. The van der Waals surface area contributed by atoms with E-state index in [1.807, 2.05) is 6.07 Å². The molecule has 0 saturated heterocycles. The summed E-state index contributed by atoms with van der Waals surface area (Å²) in [6, 6.07) is 1.90. The summed E-state index contributed by atoms with van der Waals surface area (Å²) in [6.07, 6.45) is 5.48. The molecule has 5 nitrogen and oxygen atoms in total. The number of nitrogens with one attached hydrogen (secondary N) is 1. The molecular formula is C14H21N3O2. The Morgan fingerprint density at radius 2 is 2.05 bits per heavy atom. The van der Waals surface area contributed by atoms with Crippen LogP contribution in [0.25, 0.3) is 0 Å². The van der Waals surface area contributed by atoms with Crippen LogP contribution in [0.4, 0.5) is 0 Å². The van der Waals surface area contributed by atoms with Gasteiger partial charge in [-0.2, -0.15) is 5.26 Å². The third kappa shape index (κ3) is 7.06. The number of hydrogen-bond donors (Lipinski definition) is 1. The van der Waals surface area contributed by atoms with Gasteiger partial charge in [-0.05, 0) is 6.42 Å². The maximum atomic E-state index is 12.0. The summed E-state index contributed by atoms with van der Waals surface area (Å²) in [4.78, 5) is 13.5. The summed E-state index contributed by atoms with van der Waals surface area (Å²) in [5, 5.41) is 11.9. The lowest BCUT2D eigenvalue weighted by molar-refractivity contribution is -0.125. The average Bonchev–Trinajstić information content (AvgIpc) is 2.42. The van der Waals surface area contributed by atoms with Crippen molar-refractivity contribution >= 4 is 5.91 Å². The Morgan fingerprint density at radius 3 is 2.53 bits per heavy atom. The van der Waals surface area contributed by atoms with Gasteiger partial charge in [-0.3, -0.25) is 4.79 Å². The van der Waals surface area contributed by atoms with E-state index in [0.717, 1.165) is 6.42 Å². The first kappa shape index (κ1) is 16.9. The quantitative estimate of drug-likeness (QED) is 0.278. The van der Waals surface area contributed by atoms with Crippen molar-refractivity contribution in [1.82, 2.24) is 10.2 Å². The number of nitrogens with zero attached hydrogens (tertiary/aromatic N) is 2. The highest BCUT2D eigenvalue weighted by Gasteiger charge is 2.15. The van der Waals surface area contributed by atoms with E-state index in [9.17, 15) is 4.79 Å². The van der Waals surface area contributed by atoms with Crippen molar-refractivity contribution in [2.45, 2.75) is 6.42 Å². The number of amides is 1. The standard InChI is InChI=1S/C14H21N3O2/c1-4-8-17(9-5-2)14(18)13(11-15)12-16-7-6-10-19-3/h4-5,12,16H,1-2,6-10H2,3H3/b13-12-. The zero-order valence-electron chi connectivity index (χ0n) is 11.4. The van der Waals surface area contributed by atoms with Crippen LogP contribution >= 0.6 is 0 Å². The van der Waals surface area contributed by atoms with Crippen molar-refractivity contribution in [3.63, 3.8) is 0 Å². The van der Waals surface area contributed by atoms with Crippen LogP contribution in [0.15, 0.2) is 37.1 Å². The molecule has 0 fully saturated rings. The fourth-order valence-corrected chi connectivity index (χ4v) is 1.36. The van der Waals surface area contributed by atoms with Gasteiger partial charge in [0.15, 0.2) is 0 Å². The van der Waals surface area contributed by atoms with E-state index in [-0.39, 0.29) is 11.5 Å². The van der Waals surface area contributed by atoms with Crippen molar-refractivity contribution < 1.29 is 9.53 Å². The lowest BCUT2D eigenvalue weighted by Crippen LogP contribution is -2.32. The summed E-state index contributed by atoms with van der Waals surface area (Å²) in [5.41, 5.74) is 0.0705. The summed E-state index contributed by atoms with van der Waals surface area (Å²) >= 11 is 0. The molecule has 0 saturated carbocycles. The molecule has 0 radical (unpaired) electrons. The van der Waals surface area contributed by atoms with Gasteiger partial charge in [0.2, 0.25) is 0 Å². The van der Waals surface area contributed by atoms with Gasteiger partial charge in [-0.15, -0.1) is 13.2 Å². The van der Waals surface area contributed by atoms with E-state index in [2.05, 4.69) is 18.5 Å². The number of nitriles is 1. The Labute approximate surface area is 114 Å². The van der Waals surface area contributed by atoms with Gasteiger partial charge in [0.1, 0.15) is 11.6 Å². The third-order valence-corrected chi connectivity index (χ3v) is 2.25. The minimum Gasteiger partial charge on any atom is -0.390 e. The third-order valence-electron chi connectivity index (χ3n) is 2.25. The maximum Gasteiger partial charge on any atom is 0.266 e. The molecule has 0 spiro atoms. The smallest absolute Gasteiger partial charge is 0.266 e. The van der Waals surface area contributed by atoms with E-state index >= 15 is 0 Å². The van der Waals surface area contributed by atoms with Crippen molar-refractivity contribution in [1.29, 1.82) is 5.26 Å². The van der Waals surface area contributed by atoms with Crippen molar-refractivity contribution in [3.05, 3.63) is 37.1 Å². The van der Waals surface area contributed by atoms with Gasteiger partial charge in [0.25, 0.3) is 5.91 Å². The van der Waals surface area contributed by atoms with E-state index in [4.69, 9.17) is 10.00 Å². The Bertz CT molecular complexity index is 359. The molecule has 1 N–H and O–H groups in total. The molecule has 1 amide bonds. The fraction of sp³-hybridized carbons (Fsp3) is 0.429. The van der Waals surface area contributed by atoms with E-state index in [1.165, 1.54) is 11.1 Å². The molecule has 5 heteroatoms. The predicted molar refractivity (Wildman–Crippen MR) is 75.2 cm³/mol. The highest BCUT2D eigenvalue weighted by atomic mass is 16.5. The van der Waals surface area contributed by atoms with Crippen LogP contribution in [0.2, 0.25) is 0 Å². The van der Waals surface area contributed by atoms with Crippen LogP contribution in [0.1, 0.15) is 6.42 Å². The number of ether oxygens (including phenoxy) is 1. The molecular weight excluding hydrogens is 242 g/mol. The number of carbonyl (C=O) groups excluding carboxylic acids is 1. The van der Waals surface area contributed by atoms with Gasteiger partial charge in [0.05, 0.1) is 0 Å². The summed E-state index contributed by atoms with van der Waals surface area (Å²) < 4.78 is 4.90. The monoisotopic (exact) mass is 263 g/mol. The first-order valence-corrected chi connectivity index (χ1v) is 6.04. The summed E-state index contributed by atoms with van der Waals surface area (Å²) in [6.45, 7) is 9.22. The number of hydrogen-bond acceptors (Lipinski definition) is 4. The highest BCUT2D eigenvalue weighted by Crippen LogP contribution is 2.01. The second-order valence-electron chi connectivity index (χ2n) is 3.76. The first-order valence-electron chi connectivity index (χ1n) is 6.04. The van der Waals surface area contributed by atoms with E-state index in [1.54, 1.807) is 19.3 Å². The van der Waals surface area contributed by atoms with Crippen LogP contribution in [0.5, 0.6) is 0 Å². The van der Waals surface area contributed by atoms with Crippen LogP contribution in [0, 0.1) is 11.3 Å². The molecule has 0 aromatic rings. The molecule has 0 aromatic carbocycles. The van der Waals surface area contributed by atoms with E-state index < -0.39 is 0 Å². The molecule has 0 rings (SSSR count). The van der Waals surface area contributed by atoms with Gasteiger partial charge >= 0.3 is 0 Å². The molecule has 0 aliphatic rings. The summed E-state index contributed by atoms with van der Waals surface area (Å²) in [7, 11) is 1.63. The number of rotatable bonds is 10. The first-order chi connectivity index (χ1) is 9.21. The Hall–Kier alpha value is -2.06. The van der Waals surface area contributed by atoms with Crippen molar-refractivity contribution in [2.75, 3.05) is 33.4 Å². The Balaban J connectivity index is 4.50. The molecule has 0 aromatic heterocycles. The molecule has 0 unspecified atom stereocenters. The van der Waals surface area contributed by atoms with Crippen molar-refractivity contribution in [3.8, 4) is 6.07 Å². The molecule has 0 aliphatic heterocycles. The Kier molecular flexibility index (Phi) is 9.86. The second-order valence-corrected chi connectivity index (χ2v) is 3.76. The highest BCUT2D eigenvalue weighted by molar-refractivity contribution is 5.97. The largest absolute Gasteiger partial charge is 0.390 e. The zero-order valence-corrected chi connectivity index (χ0v) is 11.4. The normalized spacial score (nSPS) is 10.4. The molecule has 0 bridgehead atoms. The Morgan fingerprint density at radius 1 is 1.42 bits per heavy atom. The van der Waals surface area contributed by atoms with Gasteiger partial charge < -0.3 is 15.0 Å². The molecule has 19 heavy (non-hydrogen) atoms. The van der Waals surface area contributed by atoms with E-state index in [0.29, 0.717) is 26.2 Å². The molecule has 0 atom stereocenters. The van der Waals surface area contributed by atoms with Gasteiger partial charge in [0, 0.05) is 39.6 Å². The maximum absolute atomic E-state index is 12.0. The molecule has 0 aliphatic carbocycles. The second kappa shape index (κ2) is 11.1. The lowest BCUT2D eigenvalue weighted by atomic mass is 10.2. The summed E-state index contributed by atoms with van der Waals surface area (Å²) in [5.74, 6) is -0.332. The zero-order chi connectivity index (χ0) is 14.5. The van der Waals surface area contributed by atoms with Crippen molar-refractivity contribution in [2.24, 2.45) is 0 Å². The average molecular weight is 263 g/mol. The van der Waals surface area contributed by atoms with Gasteiger partial charge in [-0.1, -0.05) is 12.2 Å². The molecule has 104 valence electrons. The minimum absolute atomic E-state index is 0.0705.